The quantitative estimate of drug-likeness (QED) is 0.432. The van der Waals surface area contributed by atoms with Crippen LogP contribution in [-0.2, 0) is 16.4 Å². The summed E-state index contributed by atoms with van der Waals surface area (Å²) in [4.78, 5) is 17.0. The molecule has 1 amide bonds. The number of benzene rings is 3. The number of pyridine rings is 1. The molecule has 0 atom stereocenters. The van der Waals surface area contributed by atoms with Gasteiger partial charge in [-0.15, -0.1) is 0 Å². The second kappa shape index (κ2) is 9.45. The average Bonchev–Trinajstić information content (AvgIpc) is 2.82. The highest BCUT2D eigenvalue weighted by Gasteiger charge is 2.18. The fourth-order valence-electron chi connectivity index (χ4n) is 3.21. The summed E-state index contributed by atoms with van der Waals surface area (Å²) in [6.45, 7) is 0. The molecule has 0 radical (unpaired) electrons. The lowest BCUT2D eigenvalue weighted by atomic mass is 10.1. The number of anilines is 2. The Balaban J connectivity index is 1.48. The van der Waals surface area contributed by atoms with Crippen molar-refractivity contribution in [3.8, 4) is 0 Å². The lowest BCUT2D eigenvalue weighted by Gasteiger charge is -2.13. The minimum Gasteiger partial charge on any atom is -0.322 e. The zero-order chi connectivity index (χ0) is 22.4. The van der Waals surface area contributed by atoms with Crippen LogP contribution in [-0.4, -0.2) is 19.3 Å². The van der Waals surface area contributed by atoms with E-state index in [2.05, 4.69) is 15.0 Å². The van der Waals surface area contributed by atoms with E-state index in [1.807, 2.05) is 36.4 Å². The third-order valence-electron chi connectivity index (χ3n) is 4.84. The third kappa shape index (κ3) is 5.19. The maximum atomic E-state index is 12.9. The van der Waals surface area contributed by atoms with Gasteiger partial charge in [0.1, 0.15) is 0 Å². The van der Waals surface area contributed by atoms with Crippen LogP contribution in [0.3, 0.4) is 0 Å². The summed E-state index contributed by atoms with van der Waals surface area (Å²) in [6.07, 6.45) is 4.28. The van der Waals surface area contributed by atoms with Crippen molar-refractivity contribution in [3.05, 3.63) is 120 Å². The Morgan fingerprint density at radius 1 is 0.750 bits per heavy atom. The summed E-state index contributed by atoms with van der Waals surface area (Å²) < 4.78 is 27.9. The zero-order valence-corrected chi connectivity index (χ0v) is 17.9. The van der Waals surface area contributed by atoms with Crippen molar-refractivity contribution in [2.75, 3.05) is 10.0 Å². The zero-order valence-electron chi connectivity index (χ0n) is 17.1. The Labute approximate surface area is 187 Å². The van der Waals surface area contributed by atoms with Crippen LogP contribution in [0.5, 0.6) is 0 Å². The van der Waals surface area contributed by atoms with E-state index in [0.29, 0.717) is 5.69 Å². The van der Waals surface area contributed by atoms with Crippen LogP contribution in [0.1, 0.15) is 21.5 Å². The van der Waals surface area contributed by atoms with Crippen LogP contribution < -0.4 is 10.0 Å². The van der Waals surface area contributed by atoms with Crippen molar-refractivity contribution in [1.82, 2.24) is 4.98 Å². The SMILES string of the molecule is O=C(Nc1ccc(Cc2ccncc2)cc1)c1ccccc1NS(=O)(=O)c1ccccc1. The van der Waals surface area contributed by atoms with Crippen molar-refractivity contribution in [3.63, 3.8) is 0 Å². The number of carbonyl (C=O) groups excluding carboxylic acids is 1. The van der Waals surface area contributed by atoms with Gasteiger partial charge in [0, 0.05) is 18.1 Å². The molecule has 4 aromatic rings. The number of sulfonamides is 1. The minimum atomic E-state index is -3.81. The minimum absolute atomic E-state index is 0.125. The maximum Gasteiger partial charge on any atom is 0.261 e. The number of carbonyl (C=O) groups is 1. The second-order valence-electron chi connectivity index (χ2n) is 7.15. The molecule has 0 unspecified atom stereocenters. The average molecular weight is 444 g/mol. The predicted octanol–water partition coefficient (Wildman–Crippen LogP) is 4.73. The highest BCUT2D eigenvalue weighted by atomic mass is 32.2. The second-order valence-corrected chi connectivity index (χ2v) is 8.83. The molecule has 1 heterocycles. The molecule has 160 valence electrons. The number of nitrogens with one attached hydrogen (secondary N) is 2. The lowest BCUT2D eigenvalue weighted by Crippen LogP contribution is -2.18. The lowest BCUT2D eigenvalue weighted by molar-refractivity contribution is 0.102. The predicted molar refractivity (Wildman–Crippen MR) is 125 cm³/mol. The number of para-hydroxylation sites is 1. The summed E-state index contributed by atoms with van der Waals surface area (Å²) in [5, 5.41) is 2.83. The molecule has 0 aliphatic carbocycles. The first-order valence-corrected chi connectivity index (χ1v) is 11.5. The molecule has 3 aromatic carbocycles. The Bertz CT molecular complexity index is 1310. The van der Waals surface area contributed by atoms with Gasteiger partial charge in [-0.2, -0.15) is 0 Å². The number of aromatic nitrogens is 1. The molecule has 2 N–H and O–H groups in total. The van der Waals surface area contributed by atoms with Crippen molar-refractivity contribution in [2.24, 2.45) is 0 Å². The standard InChI is InChI=1S/C25H21N3O3S/c29-25(27-21-12-10-19(11-13-21)18-20-14-16-26-17-15-20)23-8-4-5-9-24(23)28-32(30,31)22-6-2-1-3-7-22/h1-17,28H,18H2,(H,27,29). The van der Waals surface area contributed by atoms with Gasteiger partial charge in [-0.1, -0.05) is 42.5 Å². The largest absolute Gasteiger partial charge is 0.322 e. The number of amides is 1. The molecule has 32 heavy (non-hydrogen) atoms. The van der Waals surface area contributed by atoms with E-state index in [0.717, 1.165) is 17.5 Å². The van der Waals surface area contributed by atoms with E-state index < -0.39 is 15.9 Å². The molecule has 0 aliphatic heterocycles. The van der Waals surface area contributed by atoms with E-state index in [-0.39, 0.29) is 16.1 Å². The third-order valence-corrected chi connectivity index (χ3v) is 6.22. The Hall–Kier alpha value is -3.97. The van der Waals surface area contributed by atoms with Gasteiger partial charge in [0.15, 0.2) is 0 Å². The summed E-state index contributed by atoms with van der Waals surface area (Å²) in [6, 6.07) is 26.0. The summed E-state index contributed by atoms with van der Waals surface area (Å²) in [7, 11) is -3.81. The molecule has 0 bridgehead atoms. The fraction of sp³-hybridized carbons (Fsp3) is 0.0400. The van der Waals surface area contributed by atoms with E-state index in [4.69, 9.17) is 0 Å². The number of hydrogen-bond acceptors (Lipinski definition) is 4. The molecule has 0 saturated carbocycles. The van der Waals surface area contributed by atoms with Crippen LogP contribution in [0.4, 0.5) is 11.4 Å². The molecule has 6 nitrogen and oxygen atoms in total. The normalized spacial score (nSPS) is 11.0. The van der Waals surface area contributed by atoms with Gasteiger partial charge in [0.05, 0.1) is 16.1 Å². The van der Waals surface area contributed by atoms with E-state index >= 15 is 0 Å². The van der Waals surface area contributed by atoms with Crippen LogP contribution in [0.25, 0.3) is 0 Å². The van der Waals surface area contributed by atoms with Crippen molar-refractivity contribution in [2.45, 2.75) is 11.3 Å². The summed E-state index contributed by atoms with van der Waals surface area (Å²) in [5.74, 6) is -0.404. The Morgan fingerprint density at radius 3 is 2.09 bits per heavy atom. The van der Waals surface area contributed by atoms with Gasteiger partial charge >= 0.3 is 0 Å². The summed E-state index contributed by atoms with van der Waals surface area (Å²) in [5.41, 5.74) is 3.31. The molecular formula is C25H21N3O3S. The molecule has 0 saturated heterocycles. The van der Waals surface area contributed by atoms with Gasteiger partial charge < -0.3 is 5.32 Å². The van der Waals surface area contributed by atoms with Crippen LogP contribution in [0.15, 0.2) is 108 Å². The Morgan fingerprint density at radius 2 is 1.38 bits per heavy atom. The monoisotopic (exact) mass is 443 g/mol. The van der Waals surface area contributed by atoms with Crippen LogP contribution in [0.2, 0.25) is 0 Å². The van der Waals surface area contributed by atoms with E-state index in [9.17, 15) is 13.2 Å². The van der Waals surface area contributed by atoms with Crippen molar-refractivity contribution in [1.29, 1.82) is 0 Å². The van der Waals surface area contributed by atoms with Gasteiger partial charge in [-0.25, -0.2) is 8.42 Å². The van der Waals surface area contributed by atoms with E-state index in [1.165, 1.54) is 12.1 Å². The first-order chi connectivity index (χ1) is 15.5. The number of hydrogen-bond donors (Lipinski definition) is 2. The number of rotatable bonds is 7. The topological polar surface area (TPSA) is 88.2 Å². The fourth-order valence-corrected chi connectivity index (χ4v) is 4.31. The first-order valence-electron chi connectivity index (χ1n) is 9.97. The number of nitrogens with zero attached hydrogens (tertiary/aromatic N) is 1. The van der Waals surface area contributed by atoms with Gasteiger partial charge in [0.25, 0.3) is 15.9 Å². The first kappa shape index (κ1) is 21.3. The smallest absolute Gasteiger partial charge is 0.261 e. The van der Waals surface area contributed by atoms with Crippen LogP contribution >= 0.6 is 0 Å². The molecule has 0 spiro atoms. The van der Waals surface area contributed by atoms with Crippen molar-refractivity contribution >= 4 is 27.3 Å². The Kier molecular flexibility index (Phi) is 6.28. The molecule has 7 heteroatoms. The molecule has 1 aromatic heterocycles. The van der Waals surface area contributed by atoms with Crippen LogP contribution in [0, 0.1) is 0 Å². The molecule has 0 fully saturated rings. The molecular weight excluding hydrogens is 422 g/mol. The van der Waals surface area contributed by atoms with E-state index in [1.54, 1.807) is 54.9 Å². The van der Waals surface area contributed by atoms with Gasteiger partial charge in [-0.3, -0.25) is 14.5 Å². The highest BCUT2D eigenvalue weighted by Crippen LogP contribution is 2.22. The molecule has 0 aliphatic rings. The molecule has 4 rings (SSSR count). The van der Waals surface area contributed by atoms with Gasteiger partial charge in [0.2, 0.25) is 0 Å². The summed E-state index contributed by atoms with van der Waals surface area (Å²) >= 11 is 0. The van der Waals surface area contributed by atoms with Gasteiger partial charge in [-0.05, 0) is 66.1 Å². The maximum absolute atomic E-state index is 12.9. The van der Waals surface area contributed by atoms with Crippen molar-refractivity contribution < 1.29 is 13.2 Å². The highest BCUT2D eigenvalue weighted by molar-refractivity contribution is 7.92.